The fraction of sp³-hybridized carbons (Fsp3) is 0.368. The topological polar surface area (TPSA) is 53.8 Å². The minimum Gasteiger partial charge on any atom is -0.459 e. The summed E-state index contributed by atoms with van der Waals surface area (Å²) >= 11 is 1.47. The lowest BCUT2D eigenvalue weighted by molar-refractivity contribution is -0.128. The predicted molar refractivity (Wildman–Crippen MR) is 98.2 cm³/mol. The first kappa shape index (κ1) is 18.5. The van der Waals surface area contributed by atoms with Crippen molar-refractivity contribution >= 4 is 23.6 Å². The van der Waals surface area contributed by atoms with Gasteiger partial charge in [0.1, 0.15) is 11.2 Å². The standard InChI is InChI=1S/C19H21FN2O3S/c1-13(2)21(18(24)16-7-4-10-25-16)8-9-22-17(23)12-26-19(22)14-5-3-6-15(20)11-14/h3-7,10-11,13,19H,8-9,12H2,1-2H3/t19-/m0/s1. The van der Waals surface area contributed by atoms with Crippen molar-refractivity contribution in [1.82, 2.24) is 9.80 Å². The second-order valence-electron chi connectivity index (χ2n) is 6.38. The van der Waals surface area contributed by atoms with Crippen molar-refractivity contribution in [2.45, 2.75) is 25.3 Å². The van der Waals surface area contributed by atoms with Crippen molar-refractivity contribution in [3.8, 4) is 0 Å². The molecule has 0 N–H and O–H groups in total. The van der Waals surface area contributed by atoms with Gasteiger partial charge in [-0.25, -0.2) is 4.39 Å². The molecule has 2 amide bonds. The van der Waals surface area contributed by atoms with E-state index >= 15 is 0 Å². The van der Waals surface area contributed by atoms with Gasteiger partial charge in [0.25, 0.3) is 5.91 Å². The van der Waals surface area contributed by atoms with Gasteiger partial charge in [0.15, 0.2) is 5.76 Å². The molecule has 2 aromatic rings. The van der Waals surface area contributed by atoms with Crippen molar-refractivity contribution in [3.05, 3.63) is 59.8 Å². The van der Waals surface area contributed by atoms with Crippen LogP contribution in [-0.4, -0.2) is 46.5 Å². The Bertz CT molecular complexity index is 779. The fourth-order valence-corrected chi connectivity index (χ4v) is 4.19. The van der Waals surface area contributed by atoms with Gasteiger partial charge < -0.3 is 14.2 Å². The molecule has 1 aromatic carbocycles. The van der Waals surface area contributed by atoms with E-state index in [1.54, 1.807) is 28.0 Å². The Morgan fingerprint density at radius 1 is 1.38 bits per heavy atom. The molecular weight excluding hydrogens is 355 g/mol. The number of hydrogen-bond acceptors (Lipinski definition) is 4. The maximum Gasteiger partial charge on any atom is 0.289 e. The fourth-order valence-electron chi connectivity index (χ4n) is 2.98. The van der Waals surface area contributed by atoms with Crippen LogP contribution in [0.5, 0.6) is 0 Å². The highest BCUT2D eigenvalue weighted by atomic mass is 32.2. The van der Waals surface area contributed by atoms with E-state index in [4.69, 9.17) is 4.42 Å². The van der Waals surface area contributed by atoms with Gasteiger partial charge in [0.05, 0.1) is 12.0 Å². The van der Waals surface area contributed by atoms with E-state index in [2.05, 4.69) is 0 Å². The zero-order valence-corrected chi connectivity index (χ0v) is 15.5. The highest BCUT2D eigenvalue weighted by Crippen LogP contribution is 2.38. The van der Waals surface area contributed by atoms with Crippen LogP contribution in [0, 0.1) is 5.82 Å². The van der Waals surface area contributed by atoms with E-state index in [0.29, 0.717) is 18.8 Å². The van der Waals surface area contributed by atoms with Crippen LogP contribution in [0.15, 0.2) is 47.1 Å². The first-order chi connectivity index (χ1) is 12.5. The summed E-state index contributed by atoms with van der Waals surface area (Å²) in [4.78, 5) is 28.3. The van der Waals surface area contributed by atoms with Gasteiger partial charge in [-0.1, -0.05) is 12.1 Å². The van der Waals surface area contributed by atoms with E-state index in [1.165, 1.54) is 30.2 Å². The summed E-state index contributed by atoms with van der Waals surface area (Å²) in [6.45, 7) is 4.61. The van der Waals surface area contributed by atoms with Crippen LogP contribution < -0.4 is 0 Å². The maximum atomic E-state index is 13.6. The predicted octanol–water partition coefficient (Wildman–Crippen LogP) is 3.54. The molecule has 1 aromatic heterocycles. The Morgan fingerprint density at radius 2 is 2.19 bits per heavy atom. The van der Waals surface area contributed by atoms with Gasteiger partial charge in [0, 0.05) is 19.1 Å². The molecule has 1 saturated heterocycles. The average Bonchev–Trinajstić information content (AvgIpc) is 3.25. The molecule has 2 heterocycles. The summed E-state index contributed by atoms with van der Waals surface area (Å²) in [6, 6.07) is 9.57. The molecule has 26 heavy (non-hydrogen) atoms. The quantitative estimate of drug-likeness (QED) is 0.774. The number of carbonyl (C=O) groups excluding carboxylic acids is 2. The Balaban J connectivity index is 1.73. The Morgan fingerprint density at radius 3 is 2.85 bits per heavy atom. The normalized spacial score (nSPS) is 17.2. The highest BCUT2D eigenvalue weighted by Gasteiger charge is 2.33. The number of benzene rings is 1. The molecule has 0 aliphatic carbocycles. The van der Waals surface area contributed by atoms with E-state index < -0.39 is 0 Å². The minimum atomic E-state index is -0.320. The van der Waals surface area contributed by atoms with Crippen molar-refractivity contribution in [2.24, 2.45) is 0 Å². The highest BCUT2D eigenvalue weighted by molar-refractivity contribution is 8.00. The second-order valence-corrected chi connectivity index (χ2v) is 7.44. The summed E-state index contributed by atoms with van der Waals surface area (Å²) < 4.78 is 18.8. The number of rotatable bonds is 6. The lowest BCUT2D eigenvalue weighted by Gasteiger charge is -2.30. The van der Waals surface area contributed by atoms with Crippen LogP contribution in [0.2, 0.25) is 0 Å². The van der Waals surface area contributed by atoms with Crippen LogP contribution >= 0.6 is 11.8 Å². The lowest BCUT2D eigenvalue weighted by atomic mass is 10.2. The van der Waals surface area contributed by atoms with Crippen molar-refractivity contribution < 1.29 is 18.4 Å². The Labute approximate surface area is 156 Å². The van der Waals surface area contributed by atoms with E-state index in [0.717, 1.165) is 5.56 Å². The van der Waals surface area contributed by atoms with E-state index in [-0.39, 0.29) is 34.8 Å². The molecule has 0 unspecified atom stereocenters. The smallest absolute Gasteiger partial charge is 0.289 e. The molecule has 0 radical (unpaired) electrons. The first-order valence-electron chi connectivity index (χ1n) is 8.48. The molecule has 5 nitrogen and oxygen atoms in total. The molecule has 0 saturated carbocycles. The molecule has 1 aliphatic heterocycles. The third-order valence-electron chi connectivity index (χ3n) is 4.30. The number of carbonyl (C=O) groups is 2. The summed E-state index contributed by atoms with van der Waals surface area (Å²) in [5.74, 6) is 0.112. The van der Waals surface area contributed by atoms with E-state index in [1.807, 2.05) is 19.9 Å². The van der Waals surface area contributed by atoms with Crippen LogP contribution in [0.25, 0.3) is 0 Å². The summed E-state index contributed by atoms with van der Waals surface area (Å²) in [5, 5.41) is -0.231. The zero-order chi connectivity index (χ0) is 18.7. The van der Waals surface area contributed by atoms with Gasteiger partial charge in [-0.2, -0.15) is 0 Å². The number of thioether (sulfide) groups is 1. The number of hydrogen-bond donors (Lipinski definition) is 0. The van der Waals surface area contributed by atoms with Gasteiger partial charge >= 0.3 is 0 Å². The van der Waals surface area contributed by atoms with Crippen LogP contribution in [0.4, 0.5) is 4.39 Å². The molecule has 7 heteroatoms. The molecule has 138 valence electrons. The molecule has 1 fully saturated rings. The maximum absolute atomic E-state index is 13.6. The molecule has 0 spiro atoms. The summed E-state index contributed by atoms with van der Waals surface area (Å²) in [7, 11) is 0. The van der Waals surface area contributed by atoms with Crippen molar-refractivity contribution in [1.29, 1.82) is 0 Å². The number of halogens is 1. The van der Waals surface area contributed by atoms with Crippen molar-refractivity contribution in [3.63, 3.8) is 0 Å². The van der Waals surface area contributed by atoms with Crippen LogP contribution in [-0.2, 0) is 4.79 Å². The number of nitrogens with zero attached hydrogens (tertiary/aromatic N) is 2. The third kappa shape index (κ3) is 3.93. The molecule has 1 atom stereocenters. The molecule has 3 rings (SSSR count). The Hall–Kier alpha value is -2.28. The van der Waals surface area contributed by atoms with Crippen LogP contribution in [0.1, 0.15) is 35.3 Å². The lowest BCUT2D eigenvalue weighted by Crippen LogP contribution is -2.43. The number of furan rings is 1. The minimum absolute atomic E-state index is 0.00147. The largest absolute Gasteiger partial charge is 0.459 e. The van der Waals surface area contributed by atoms with Gasteiger partial charge in [0.2, 0.25) is 5.91 Å². The SMILES string of the molecule is CC(C)N(CCN1C(=O)CS[C@H]1c1cccc(F)c1)C(=O)c1ccco1. The first-order valence-corrected chi connectivity index (χ1v) is 9.53. The third-order valence-corrected chi connectivity index (χ3v) is 5.56. The monoisotopic (exact) mass is 376 g/mol. The summed E-state index contributed by atoms with van der Waals surface area (Å²) in [6.07, 6.45) is 1.46. The molecule has 1 aliphatic rings. The van der Waals surface area contributed by atoms with Crippen LogP contribution in [0.3, 0.4) is 0 Å². The zero-order valence-electron chi connectivity index (χ0n) is 14.7. The Kier molecular flexibility index (Phi) is 5.66. The average molecular weight is 376 g/mol. The van der Waals surface area contributed by atoms with Gasteiger partial charge in [-0.15, -0.1) is 11.8 Å². The molecular formula is C19H21FN2O3S. The van der Waals surface area contributed by atoms with Crippen molar-refractivity contribution in [2.75, 3.05) is 18.8 Å². The molecule has 0 bridgehead atoms. The summed E-state index contributed by atoms with van der Waals surface area (Å²) in [5.41, 5.74) is 0.759. The van der Waals surface area contributed by atoms with E-state index in [9.17, 15) is 14.0 Å². The van der Waals surface area contributed by atoms with Gasteiger partial charge in [-0.3, -0.25) is 9.59 Å². The number of amides is 2. The second kappa shape index (κ2) is 7.95. The van der Waals surface area contributed by atoms with Gasteiger partial charge in [-0.05, 0) is 43.7 Å².